The molecule has 4 rings (SSSR count). The van der Waals surface area contributed by atoms with Crippen LogP contribution in [0.15, 0.2) is 54.6 Å². The Morgan fingerprint density at radius 2 is 1.69 bits per heavy atom. The van der Waals surface area contributed by atoms with E-state index in [9.17, 15) is 13.2 Å². The molecule has 0 saturated carbocycles. The van der Waals surface area contributed by atoms with Gasteiger partial charge in [0.2, 0.25) is 15.9 Å². The zero-order valence-electron chi connectivity index (χ0n) is 16.1. The number of carbonyl (C=O) groups is 1. The Morgan fingerprint density at radius 1 is 1.03 bits per heavy atom. The number of halogens is 1. The summed E-state index contributed by atoms with van der Waals surface area (Å²) in [6.07, 6.45) is 3.09. The Labute approximate surface area is 175 Å². The molecule has 0 aliphatic heterocycles. The molecule has 1 amide bonds. The first kappa shape index (κ1) is 19.7. The Morgan fingerprint density at radius 3 is 2.34 bits per heavy atom. The number of hydrogen-bond donors (Lipinski definition) is 1. The van der Waals surface area contributed by atoms with Gasteiger partial charge in [0, 0.05) is 16.1 Å². The molecular weight excluding hydrogens is 408 g/mol. The smallest absolute Gasteiger partial charge is 0.248 e. The van der Waals surface area contributed by atoms with Crippen LogP contribution in [0.1, 0.15) is 18.1 Å². The topological polar surface area (TPSA) is 66.5 Å². The van der Waals surface area contributed by atoms with Crippen LogP contribution in [0, 0.1) is 0 Å². The van der Waals surface area contributed by atoms with Crippen LogP contribution in [0.4, 0.5) is 11.4 Å². The molecule has 0 aromatic heterocycles. The van der Waals surface area contributed by atoms with E-state index in [1.807, 2.05) is 24.3 Å². The molecule has 3 aromatic rings. The minimum atomic E-state index is -3.68. The number of benzene rings is 3. The van der Waals surface area contributed by atoms with Gasteiger partial charge in [0.15, 0.2) is 0 Å². The number of aryl methyl sites for hydroxylation is 2. The van der Waals surface area contributed by atoms with Gasteiger partial charge in [0.25, 0.3) is 0 Å². The molecule has 1 unspecified atom stereocenters. The van der Waals surface area contributed by atoms with E-state index >= 15 is 0 Å². The third-order valence-electron chi connectivity index (χ3n) is 5.30. The SMILES string of the molecule is CC(C(=O)Nc1ccc2c3c(cccc13)CC2)N(c1ccc(Cl)cc1)S(C)(=O)=O. The highest BCUT2D eigenvalue weighted by atomic mass is 35.5. The molecule has 7 heteroatoms. The van der Waals surface area contributed by atoms with Crippen molar-refractivity contribution in [2.45, 2.75) is 25.8 Å². The molecule has 0 heterocycles. The first-order chi connectivity index (χ1) is 13.8. The maximum Gasteiger partial charge on any atom is 0.248 e. The lowest BCUT2D eigenvalue weighted by molar-refractivity contribution is -0.116. The molecule has 0 spiro atoms. The lowest BCUT2D eigenvalue weighted by atomic mass is 10.0. The van der Waals surface area contributed by atoms with Gasteiger partial charge in [-0.05, 0) is 66.6 Å². The summed E-state index contributed by atoms with van der Waals surface area (Å²) in [4.78, 5) is 13.0. The summed E-state index contributed by atoms with van der Waals surface area (Å²) in [5.41, 5.74) is 3.63. The van der Waals surface area contributed by atoms with Crippen LogP contribution in [-0.2, 0) is 27.7 Å². The third kappa shape index (κ3) is 3.70. The summed E-state index contributed by atoms with van der Waals surface area (Å²) >= 11 is 5.92. The number of anilines is 2. The Hall–Kier alpha value is -2.57. The van der Waals surface area contributed by atoms with Gasteiger partial charge in [-0.25, -0.2) is 8.42 Å². The lowest BCUT2D eigenvalue weighted by Crippen LogP contribution is -2.45. The second kappa shape index (κ2) is 7.35. The van der Waals surface area contributed by atoms with Gasteiger partial charge < -0.3 is 5.32 Å². The van der Waals surface area contributed by atoms with E-state index in [1.54, 1.807) is 31.2 Å². The quantitative estimate of drug-likeness (QED) is 0.655. The highest BCUT2D eigenvalue weighted by Gasteiger charge is 2.29. The minimum Gasteiger partial charge on any atom is -0.324 e. The number of carbonyl (C=O) groups excluding carboxylic acids is 1. The lowest BCUT2D eigenvalue weighted by Gasteiger charge is -2.28. The molecule has 0 bridgehead atoms. The van der Waals surface area contributed by atoms with Gasteiger partial charge in [0.1, 0.15) is 6.04 Å². The summed E-state index contributed by atoms with van der Waals surface area (Å²) in [6.45, 7) is 1.57. The molecule has 0 saturated heterocycles. The number of nitrogens with zero attached hydrogens (tertiary/aromatic N) is 1. The molecule has 150 valence electrons. The Bertz CT molecular complexity index is 1200. The average Bonchev–Trinajstić information content (AvgIpc) is 3.09. The predicted octanol–water partition coefficient (Wildman–Crippen LogP) is 4.39. The van der Waals surface area contributed by atoms with Crippen LogP contribution in [0.5, 0.6) is 0 Å². The summed E-state index contributed by atoms with van der Waals surface area (Å²) in [5, 5.41) is 5.59. The van der Waals surface area contributed by atoms with Crippen molar-refractivity contribution in [3.8, 4) is 0 Å². The second-order valence-electron chi connectivity index (χ2n) is 7.31. The predicted molar refractivity (Wildman–Crippen MR) is 118 cm³/mol. The van der Waals surface area contributed by atoms with Crippen molar-refractivity contribution in [1.82, 2.24) is 0 Å². The van der Waals surface area contributed by atoms with E-state index in [0.29, 0.717) is 16.4 Å². The van der Waals surface area contributed by atoms with E-state index in [4.69, 9.17) is 11.6 Å². The Balaban J connectivity index is 1.67. The van der Waals surface area contributed by atoms with Crippen molar-refractivity contribution in [3.05, 3.63) is 70.7 Å². The molecule has 29 heavy (non-hydrogen) atoms. The Kier molecular flexibility index (Phi) is 5.00. The van der Waals surface area contributed by atoms with Crippen molar-refractivity contribution < 1.29 is 13.2 Å². The first-order valence-electron chi connectivity index (χ1n) is 9.35. The van der Waals surface area contributed by atoms with Crippen LogP contribution in [-0.4, -0.2) is 26.6 Å². The maximum atomic E-state index is 13.0. The van der Waals surface area contributed by atoms with Crippen LogP contribution in [0.2, 0.25) is 5.02 Å². The fourth-order valence-corrected chi connectivity index (χ4v) is 5.29. The van der Waals surface area contributed by atoms with E-state index in [0.717, 1.165) is 28.8 Å². The zero-order valence-corrected chi connectivity index (χ0v) is 17.7. The van der Waals surface area contributed by atoms with Crippen LogP contribution >= 0.6 is 11.6 Å². The van der Waals surface area contributed by atoms with Gasteiger partial charge in [-0.1, -0.05) is 35.9 Å². The summed E-state index contributed by atoms with van der Waals surface area (Å²) in [6, 6.07) is 15.5. The highest BCUT2D eigenvalue weighted by Crippen LogP contribution is 2.35. The monoisotopic (exact) mass is 428 g/mol. The summed E-state index contributed by atoms with van der Waals surface area (Å²) in [5.74, 6) is -0.399. The standard InChI is InChI=1S/C22H21ClN2O3S/c1-14(25(29(2,27)28)18-11-9-17(23)10-12-18)22(26)24-20-13-8-16-7-6-15-4-3-5-19(20)21(15)16/h3-5,8-14H,6-7H2,1-2H3,(H,24,26). The van der Waals surface area contributed by atoms with Gasteiger partial charge in [-0.2, -0.15) is 0 Å². The van der Waals surface area contributed by atoms with E-state index in [1.165, 1.54) is 16.5 Å². The maximum absolute atomic E-state index is 13.0. The highest BCUT2D eigenvalue weighted by molar-refractivity contribution is 7.92. The number of rotatable bonds is 5. The van der Waals surface area contributed by atoms with E-state index in [-0.39, 0.29) is 0 Å². The summed E-state index contributed by atoms with van der Waals surface area (Å²) < 4.78 is 26.0. The molecule has 1 N–H and O–H groups in total. The molecule has 1 atom stereocenters. The van der Waals surface area contributed by atoms with Crippen molar-refractivity contribution >= 4 is 49.7 Å². The summed E-state index contributed by atoms with van der Waals surface area (Å²) in [7, 11) is -3.68. The number of hydrogen-bond acceptors (Lipinski definition) is 3. The van der Waals surface area contributed by atoms with Gasteiger partial charge in [-0.3, -0.25) is 9.10 Å². The molecular formula is C22H21ClN2O3S. The van der Waals surface area contributed by atoms with Gasteiger partial charge >= 0.3 is 0 Å². The largest absolute Gasteiger partial charge is 0.324 e. The molecule has 0 radical (unpaired) electrons. The molecule has 5 nitrogen and oxygen atoms in total. The van der Waals surface area contributed by atoms with Crippen LogP contribution in [0.25, 0.3) is 10.8 Å². The molecule has 1 aliphatic carbocycles. The molecule has 1 aliphatic rings. The van der Waals surface area contributed by atoms with Crippen molar-refractivity contribution in [3.63, 3.8) is 0 Å². The first-order valence-corrected chi connectivity index (χ1v) is 11.6. The van der Waals surface area contributed by atoms with Crippen LogP contribution < -0.4 is 9.62 Å². The van der Waals surface area contributed by atoms with Crippen molar-refractivity contribution in [1.29, 1.82) is 0 Å². The van der Waals surface area contributed by atoms with Crippen molar-refractivity contribution in [2.24, 2.45) is 0 Å². The normalized spacial score (nSPS) is 14.0. The van der Waals surface area contributed by atoms with Gasteiger partial charge in [0.05, 0.1) is 11.9 Å². The van der Waals surface area contributed by atoms with Crippen LogP contribution in [0.3, 0.4) is 0 Å². The van der Waals surface area contributed by atoms with E-state index < -0.39 is 22.0 Å². The third-order valence-corrected chi connectivity index (χ3v) is 6.80. The van der Waals surface area contributed by atoms with E-state index in [2.05, 4.69) is 11.4 Å². The fraction of sp³-hybridized carbons (Fsp3) is 0.227. The average molecular weight is 429 g/mol. The van der Waals surface area contributed by atoms with Gasteiger partial charge in [-0.15, -0.1) is 0 Å². The number of sulfonamides is 1. The molecule has 3 aromatic carbocycles. The van der Waals surface area contributed by atoms with Crippen molar-refractivity contribution in [2.75, 3.05) is 15.9 Å². The fourth-order valence-electron chi connectivity index (χ4n) is 3.99. The second-order valence-corrected chi connectivity index (χ2v) is 9.61. The minimum absolute atomic E-state index is 0.389. The number of amides is 1. The zero-order chi connectivity index (χ0) is 20.8. The number of nitrogens with one attached hydrogen (secondary N) is 1. The molecule has 0 fully saturated rings.